The Morgan fingerprint density at radius 1 is 0.765 bits per heavy atom. The van der Waals surface area contributed by atoms with Crippen molar-refractivity contribution in [2.45, 2.75) is 57.4 Å². The number of anilines is 1. The van der Waals surface area contributed by atoms with Gasteiger partial charge in [-0.05, 0) is 98.7 Å². The van der Waals surface area contributed by atoms with Crippen molar-refractivity contribution in [3.05, 3.63) is 87.5 Å². The van der Waals surface area contributed by atoms with Crippen LogP contribution in [0.15, 0.2) is 58.3 Å². The first-order chi connectivity index (χ1) is 15.9. The van der Waals surface area contributed by atoms with Gasteiger partial charge in [0.1, 0.15) is 0 Å². The number of fused-ring (bicyclic) bond motifs is 1. The highest BCUT2D eigenvalue weighted by Gasteiger charge is 2.29. The Morgan fingerprint density at radius 3 is 2.00 bits per heavy atom. The third kappa shape index (κ3) is 4.50. The molecule has 1 aliphatic heterocycles. The minimum Gasteiger partial charge on any atom is -0.280 e. The normalized spacial score (nSPS) is 14.6. The largest absolute Gasteiger partial charge is 0.280 e. The Balaban J connectivity index is 1.64. The van der Waals surface area contributed by atoms with E-state index >= 15 is 0 Å². The molecular formula is C26H30N2O4S2. The topological polar surface area (TPSA) is 83.6 Å². The number of nitrogens with zero attached hydrogens (tertiary/aromatic N) is 1. The molecule has 1 aliphatic rings. The molecule has 1 heterocycles. The second-order valence-corrected chi connectivity index (χ2v) is 12.6. The lowest BCUT2D eigenvalue weighted by Crippen LogP contribution is -2.36. The zero-order valence-corrected chi connectivity index (χ0v) is 21.8. The lowest BCUT2D eigenvalue weighted by molar-refractivity contribution is 0.391. The van der Waals surface area contributed by atoms with Crippen LogP contribution in [-0.2, 0) is 33.0 Å². The van der Waals surface area contributed by atoms with Gasteiger partial charge in [0, 0.05) is 18.8 Å². The third-order valence-electron chi connectivity index (χ3n) is 6.66. The maximum absolute atomic E-state index is 13.3. The summed E-state index contributed by atoms with van der Waals surface area (Å²) in [5.41, 5.74) is 6.54. The third-order valence-corrected chi connectivity index (χ3v) is 10.2. The van der Waals surface area contributed by atoms with Crippen molar-refractivity contribution >= 4 is 25.7 Å². The molecule has 0 saturated heterocycles. The summed E-state index contributed by atoms with van der Waals surface area (Å²) >= 11 is 0. The molecule has 0 saturated carbocycles. The summed E-state index contributed by atoms with van der Waals surface area (Å²) < 4.78 is 57.2. The van der Waals surface area contributed by atoms with E-state index in [1.165, 1.54) is 4.31 Å². The Morgan fingerprint density at radius 2 is 1.38 bits per heavy atom. The molecule has 0 fully saturated rings. The monoisotopic (exact) mass is 498 g/mol. The number of hydrogen-bond acceptors (Lipinski definition) is 4. The zero-order valence-electron chi connectivity index (χ0n) is 20.1. The molecule has 6 nitrogen and oxygen atoms in total. The van der Waals surface area contributed by atoms with Crippen molar-refractivity contribution in [3.63, 3.8) is 0 Å². The van der Waals surface area contributed by atoms with Crippen molar-refractivity contribution in [3.8, 4) is 0 Å². The van der Waals surface area contributed by atoms with Gasteiger partial charge in [-0.3, -0.25) is 4.72 Å². The molecule has 3 aromatic carbocycles. The maximum Gasteiger partial charge on any atom is 0.262 e. The van der Waals surface area contributed by atoms with E-state index in [0.29, 0.717) is 23.5 Å². The summed E-state index contributed by atoms with van der Waals surface area (Å²) in [6.07, 6.45) is 0.572. The Bertz CT molecular complexity index is 1450. The minimum absolute atomic E-state index is 0.197. The van der Waals surface area contributed by atoms with Gasteiger partial charge in [-0.2, -0.15) is 4.31 Å². The molecule has 0 bridgehead atoms. The summed E-state index contributed by atoms with van der Waals surface area (Å²) in [6.45, 7) is 9.94. The van der Waals surface area contributed by atoms with Gasteiger partial charge in [-0.1, -0.05) is 29.8 Å². The molecule has 1 N–H and O–H groups in total. The van der Waals surface area contributed by atoms with Gasteiger partial charge in [-0.25, -0.2) is 16.8 Å². The summed E-state index contributed by atoms with van der Waals surface area (Å²) in [4.78, 5) is 0.561. The van der Waals surface area contributed by atoms with E-state index in [-0.39, 0.29) is 11.4 Å². The van der Waals surface area contributed by atoms with Crippen LogP contribution in [0.2, 0.25) is 0 Å². The minimum atomic E-state index is -3.82. The predicted molar refractivity (Wildman–Crippen MR) is 135 cm³/mol. The second-order valence-electron chi connectivity index (χ2n) is 9.08. The molecular weight excluding hydrogens is 468 g/mol. The van der Waals surface area contributed by atoms with Crippen LogP contribution in [0, 0.1) is 34.6 Å². The molecule has 0 aliphatic carbocycles. The van der Waals surface area contributed by atoms with E-state index in [0.717, 1.165) is 38.9 Å². The van der Waals surface area contributed by atoms with Crippen molar-refractivity contribution in [1.29, 1.82) is 0 Å². The van der Waals surface area contributed by atoms with Gasteiger partial charge in [-0.15, -0.1) is 0 Å². The molecule has 0 unspecified atom stereocenters. The fourth-order valence-corrected chi connectivity index (χ4v) is 7.54. The highest BCUT2D eigenvalue weighted by atomic mass is 32.2. The Labute approximate surface area is 202 Å². The molecule has 0 radical (unpaired) electrons. The highest BCUT2D eigenvalue weighted by Crippen LogP contribution is 2.30. The van der Waals surface area contributed by atoms with E-state index in [9.17, 15) is 16.8 Å². The molecule has 180 valence electrons. The summed E-state index contributed by atoms with van der Waals surface area (Å²) in [5.74, 6) is 0. The van der Waals surface area contributed by atoms with Crippen molar-refractivity contribution in [1.82, 2.24) is 4.31 Å². The molecule has 3 aromatic rings. The zero-order chi connectivity index (χ0) is 24.8. The van der Waals surface area contributed by atoms with Crippen LogP contribution in [-0.4, -0.2) is 27.7 Å². The van der Waals surface area contributed by atoms with Crippen LogP contribution >= 0.6 is 0 Å². The molecule has 0 spiro atoms. The standard InChI is InChI=1S/C26H30N2O4S2/c1-17-6-10-25(11-7-17)34(31,32)28-13-12-22-8-9-24(15-23(22)16-28)27-33(29,30)26-20(4)18(2)14-19(3)21(26)5/h6-11,14-15,27H,12-13,16H2,1-5H3. The lowest BCUT2D eigenvalue weighted by atomic mass is 10.0. The SMILES string of the molecule is Cc1ccc(S(=O)(=O)N2CCc3ccc(NS(=O)(=O)c4c(C)c(C)cc(C)c4C)cc3C2)cc1. The maximum atomic E-state index is 13.3. The number of sulfonamides is 2. The van der Waals surface area contributed by atoms with Crippen LogP contribution < -0.4 is 4.72 Å². The fourth-order valence-electron chi connectivity index (χ4n) is 4.45. The highest BCUT2D eigenvalue weighted by molar-refractivity contribution is 7.92. The predicted octanol–water partition coefficient (Wildman–Crippen LogP) is 4.78. The van der Waals surface area contributed by atoms with E-state index in [2.05, 4.69) is 4.72 Å². The Hall–Kier alpha value is -2.68. The molecule has 8 heteroatoms. The quantitative estimate of drug-likeness (QED) is 0.549. The first-order valence-corrected chi connectivity index (χ1v) is 14.1. The van der Waals surface area contributed by atoms with Gasteiger partial charge in [0.25, 0.3) is 10.0 Å². The van der Waals surface area contributed by atoms with Crippen molar-refractivity contribution in [2.24, 2.45) is 0 Å². The Kier molecular flexibility index (Phi) is 6.35. The van der Waals surface area contributed by atoms with Gasteiger partial charge < -0.3 is 0 Å². The van der Waals surface area contributed by atoms with E-state index < -0.39 is 20.0 Å². The lowest BCUT2D eigenvalue weighted by Gasteiger charge is -2.28. The average molecular weight is 499 g/mol. The average Bonchev–Trinajstić information content (AvgIpc) is 2.77. The van der Waals surface area contributed by atoms with Crippen molar-refractivity contribution in [2.75, 3.05) is 11.3 Å². The second kappa shape index (κ2) is 8.83. The van der Waals surface area contributed by atoms with Crippen molar-refractivity contribution < 1.29 is 16.8 Å². The van der Waals surface area contributed by atoms with E-state index in [1.807, 2.05) is 46.8 Å². The number of benzene rings is 3. The van der Waals surface area contributed by atoms with E-state index in [1.54, 1.807) is 36.4 Å². The summed E-state index contributed by atoms with van der Waals surface area (Å²) in [6, 6.07) is 14.2. The van der Waals surface area contributed by atoms with Gasteiger partial charge in [0.2, 0.25) is 10.0 Å². The number of rotatable bonds is 5. The number of nitrogens with one attached hydrogen (secondary N) is 1. The van der Waals surface area contributed by atoms with Gasteiger partial charge >= 0.3 is 0 Å². The summed E-state index contributed by atoms with van der Waals surface area (Å²) in [7, 11) is -7.46. The first-order valence-electron chi connectivity index (χ1n) is 11.2. The van der Waals surface area contributed by atoms with Gasteiger partial charge in [0.15, 0.2) is 0 Å². The molecule has 0 atom stereocenters. The van der Waals surface area contributed by atoms with Crippen LogP contribution in [0.5, 0.6) is 0 Å². The number of hydrogen-bond donors (Lipinski definition) is 1. The molecule has 34 heavy (non-hydrogen) atoms. The first kappa shape index (κ1) is 24.4. The van der Waals surface area contributed by atoms with Crippen LogP contribution in [0.4, 0.5) is 5.69 Å². The van der Waals surface area contributed by atoms with Crippen LogP contribution in [0.25, 0.3) is 0 Å². The molecule has 0 aromatic heterocycles. The van der Waals surface area contributed by atoms with E-state index in [4.69, 9.17) is 0 Å². The molecule has 4 rings (SSSR count). The summed E-state index contributed by atoms with van der Waals surface area (Å²) in [5, 5.41) is 0. The van der Waals surface area contributed by atoms with Crippen LogP contribution in [0.1, 0.15) is 38.9 Å². The smallest absolute Gasteiger partial charge is 0.262 e. The fraction of sp³-hybridized carbons (Fsp3) is 0.308. The number of aryl methyl sites for hydroxylation is 3. The molecule has 0 amide bonds. The van der Waals surface area contributed by atoms with Crippen LogP contribution in [0.3, 0.4) is 0 Å². The van der Waals surface area contributed by atoms with Gasteiger partial charge in [0.05, 0.1) is 9.79 Å².